The smallest absolute Gasteiger partial charge is 0.323 e. The molecule has 1 fully saturated rings. The van der Waals surface area contributed by atoms with E-state index in [1.807, 2.05) is 6.92 Å². The van der Waals surface area contributed by atoms with E-state index in [9.17, 15) is 0 Å². The molecule has 0 saturated carbocycles. The molecule has 20 heavy (non-hydrogen) atoms. The van der Waals surface area contributed by atoms with Crippen molar-refractivity contribution in [1.82, 2.24) is 19.9 Å². The molecule has 112 valence electrons. The molecule has 2 heterocycles. The van der Waals surface area contributed by atoms with E-state index < -0.39 is 0 Å². The minimum absolute atomic E-state index is 0.356. The average molecular weight is 280 g/mol. The molecule has 0 spiro atoms. The Labute approximate surface area is 120 Å². The number of anilines is 2. The van der Waals surface area contributed by atoms with Crippen molar-refractivity contribution in [1.29, 1.82) is 0 Å². The van der Waals surface area contributed by atoms with E-state index in [4.69, 9.17) is 4.74 Å². The molecule has 7 nitrogen and oxygen atoms in total. The van der Waals surface area contributed by atoms with E-state index >= 15 is 0 Å². The van der Waals surface area contributed by atoms with Crippen LogP contribution in [0.3, 0.4) is 0 Å². The summed E-state index contributed by atoms with van der Waals surface area (Å²) >= 11 is 0. The van der Waals surface area contributed by atoms with Crippen molar-refractivity contribution in [3.05, 3.63) is 0 Å². The molecule has 1 aromatic rings. The van der Waals surface area contributed by atoms with Crippen LogP contribution in [0.25, 0.3) is 0 Å². The predicted octanol–water partition coefficient (Wildman–Crippen LogP) is 1.06. The molecule has 1 aromatic heterocycles. The van der Waals surface area contributed by atoms with Gasteiger partial charge in [0, 0.05) is 19.6 Å². The number of hydrogen-bond acceptors (Lipinski definition) is 7. The number of hydrogen-bond donors (Lipinski definition) is 2. The first kappa shape index (κ1) is 14.8. The summed E-state index contributed by atoms with van der Waals surface area (Å²) < 4.78 is 5.37. The Bertz CT molecular complexity index is 441. The Morgan fingerprint density at radius 2 is 2.05 bits per heavy atom. The van der Waals surface area contributed by atoms with E-state index in [1.54, 1.807) is 7.05 Å². The maximum Gasteiger partial charge on any atom is 0.323 e. The first-order valence-corrected chi connectivity index (χ1v) is 7.14. The van der Waals surface area contributed by atoms with Gasteiger partial charge in [0.25, 0.3) is 0 Å². The minimum Gasteiger partial charge on any atom is -0.464 e. The van der Waals surface area contributed by atoms with Crippen LogP contribution < -0.4 is 15.4 Å². The number of nitrogens with one attached hydrogen (secondary N) is 2. The van der Waals surface area contributed by atoms with Gasteiger partial charge in [-0.25, -0.2) is 0 Å². The fourth-order valence-electron chi connectivity index (χ4n) is 2.46. The van der Waals surface area contributed by atoms with Gasteiger partial charge in [-0.05, 0) is 32.9 Å². The van der Waals surface area contributed by atoms with Gasteiger partial charge in [-0.3, -0.25) is 0 Å². The molecule has 0 amide bonds. The standard InChI is InChI=1S/C13H24N6O/c1-5-20-13-17-11(14-3)16-12(18-13)15-10-6-7-19(4)8-9(10)2/h9-10H,5-8H2,1-4H3,(H2,14,15,16,17,18). The molecule has 7 heteroatoms. The summed E-state index contributed by atoms with van der Waals surface area (Å²) in [5.41, 5.74) is 0. The van der Waals surface area contributed by atoms with E-state index in [0.717, 1.165) is 19.5 Å². The molecular weight excluding hydrogens is 256 g/mol. The van der Waals surface area contributed by atoms with Gasteiger partial charge >= 0.3 is 6.01 Å². The van der Waals surface area contributed by atoms with Crippen LogP contribution in [-0.4, -0.2) is 59.7 Å². The molecule has 1 aliphatic heterocycles. The molecule has 0 bridgehead atoms. The summed E-state index contributed by atoms with van der Waals surface area (Å²) in [7, 11) is 3.94. The number of ether oxygens (including phenoxy) is 1. The Hall–Kier alpha value is -1.63. The first-order valence-electron chi connectivity index (χ1n) is 7.14. The quantitative estimate of drug-likeness (QED) is 0.835. The third kappa shape index (κ3) is 3.69. The van der Waals surface area contributed by atoms with Crippen molar-refractivity contribution < 1.29 is 4.74 Å². The highest BCUT2D eigenvalue weighted by Gasteiger charge is 2.25. The van der Waals surface area contributed by atoms with E-state index in [-0.39, 0.29) is 0 Å². The van der Waals surface area contributed by atoms with Crippen molar-refractivity contribution in [3.63, 3.8) is 0 Å². The third-order valence-electron chi connectivity index (χ3n) is 3.53. The zero-order chi connectivity index (χ0) is 14.5. The second-order valence-corrected chi connectivity index (χ2v) is 5.23. The Morgan fingerprint density at radius 3 is 2.70 bits per heavy atom. The maximum absolute atomic E-state index is 5.37. The number of likely N-dealkylation sites (tertiary alicyclic amines) is 1. The Balaban J connectivity index is 2.09. The van der Waals surface area contributed by atoms with E-state index in [1.165, 1.54) is 0 Å². The zero-order valence-corrected chi connectivity index (χ0v) is 12.7. The number of rotatable bonds is 5. The van der Waals surface area contributed by atoms with Crippen LogP contribution >= 0.6 is 0 Å². The summed E-state index contributed by atoms with van der Waals surface area (Å²) in [4.78, 5) is 15.2. The summed E-state index contributed by atoms with van der Waals surface area (Å²) in [6.07, 6.45) is 1.09. The lowest BCUT2D eigenvalue weighted by atomic mass is 9.94. The highest BCUT2D eigenvalue weighted by molar-refractivity contribution is 5.36. The Kier molecular flexibility index (Phi) is 4.94. The number of piperidine rings is 1. The number of aromatic nitrogens is 3. The summed E-state index contributed by atoms with van der Waals surface area (Å²) in [6.45, 7) is 6.87. The number of nitrogens with zero attached hydrogens (tertiary/aromatic N) is 4. The van der Waals surface area contributed by atoms with Gasteiger partial charge in [0.15, 0.2) is 0 Å². The normalized spacial score (nSPS) is 23.4. The van der Waals surface area contributed by atoms with Crippen molar-refractivity contribution >= 4 is 11.9 Å². The third-order valence-corrected chi connectivity index (χ3v) is 3.53. The van der Waals surface area contributed by atoms with Gasteiger partial charge in [-0.1, -0.05) is 6.92 Å². The summed E-state index contributed by atoms with van der Waals surface area (Å²) in [5, 5.41) is 6.35. The van der Waals surface area contributed by atoms with Crippen LogP contribution in [0.4, 0.5) is 11.9 Å². The molecule has 1 aliphatic rings. The predicted molar refractivity (Wildman–Crippen MR) is 79.2 cm³/mol. The highest BCUT2D eigenvalue weighted by Crippen LogP contribution is 2.20. The van der Waals surface area contributed by atoms with Crippen LogP contribution in [0.2, 0.25) is 0 Å². The van der Waals surface area contributed by atoms with Gasteiger partial charge in [-0.2, -0.15) is 15.0 Å². The van der Waals surface area contributed by atoms with Gasteiger partial charge in [0.05, 0.1) is 6.61 Å². The van der Waals surface area contributed by atoms with Crippen LogP contribution in [0.15, 0.2) is 0 Å². The zero-order valence-electron chi connectivity index (χ0n) is 12.7. The molecular formula is C13H24N6O. The first-order chi connectivity index (χ1) is 9.62. The van der Waals surface area contributed by atoms with Crippen LogP contribution in [-0.2, 0) is 0 Å². The lowest BCUT2D eigenvalue weighted by Crippen LogP contribution is -2.43. The van der Waals surface area contributed by atoms with Gasteiger partial charge in [0.2, 0.25) is 11.9 Å². The monoisotopic (exact) mass is 280 g/mol. The molecule has 0 aliphatic carbocycles. The lowest BCUT2D eigenvalue weighted by Gasteiger charge is -2.35. The topological polar surface area (TPSA) is 75.2 Å². The molecule has 2 rings (SSSR count). The molecule has 2 unspecified atom stereocenters. The molecule has 0 radical (unpaired) electrons. The molecule has 2 N–H and O–H groups in total. The fraction of sp³-hybridized carbons (Fsp3) is 0.769. The van der Waals surface area contributed by atoms with Crippen LogP contribution in [0.1, 0.15) is 20.3 Å². The van der Waals surface area contributed by atoms with Crippen molar-refractivity contribution in [2.45, 2.75) is 26.3 Å². The Morgan fingerprint density at radius 1 is 1.30 bits per heavy atom. The van der Waals surface area contributed by atoms with Crippen molar-refractivity contribution in [2.24, 2.45) is 5.92 Å². The minimum atomic E-state index is 0.356. The van der Waals surface area contributed by atoms with Crippen molar-refractivity contribution in [2.75, 3.05) is 44.4 Å². The van der Waals surface area contributed by atoms with E-state index in [0.29, 0.717) is 36.5 Å². The van der Waals surface area contributed by atoms with E-state index in [2.05, 4.69) is 44.5 Å². The summed E-state index contributed by atoms with van der Waals surface area (Å²) in [6, 6.07) is 0.739. The van der Waals surface area contributed by atoms with Crippen molar-refractivity contribution in [3.8, 4) is 6.01 Å². The van der Waals surface area contributed by atoms with Crippen LogP contribution in [0.5, 0.6) is 6.01 Å². The molecule has 0 aromatic carbocycles. The second kappa shape index (κ2) is 6.69. The van der Waals surface area contributed by atoms with Gasteiger partial charge in [-0.15, -0.1) is 0 Å². The highest BCUT2D eigenvalue weighted by atomic mass is 16.5. The molecule has 1 saturated heterocycles. The second-order valence-electron chi connectivity index (χ2n) is 5.23. The van der Waals surface area contributed by atoms with Gasteiger partial charge < -0.3 is 20.3 Å². The SMILES string of the molecule is CCOc1nc(NC)nc(NC2CCN(C)CC2C)n1. The fourth-order valence-corrected chi connectivity index (χ4v) is 2.46. The lowest BCUT2D eigenvalue weighted by molar-refractivity contribution is 0.205. The molecule has 2 atom stereocenters. The van der Waals surface area contributed by atoms with Crippen LogP contribution in [0, 0.1) is 5.92 Å². The largest absolute Gasteiger partial charge is 0.464 e. The average Bonchev–Trinajstić information content (AvgIpc) is 2.42. The van der Waals surface area contributed by atoms with Gasteiger partial charge in [0.1, 0.15) is 0 Å². The maximum atomic E-state index is 5.37. The summed E-state index contributed by atoms with van der Waals surface area (Å²) in [5.74, 6) is 1.65.